The second kappa shape index (κ2) is 5.80. The van der Waals surface area contributed by atoms with Crippen molar-refractivity contribution in [1.82, 2.24) is 10.2 Å². The minimum Gasteiger partial charge on any atom is -0.354 e. The van der Waals surface area contributed by atoms with Crippen LogP contribution in [0.4, 0.5) is 0 Å². The molecular weight excluding hydrogens is 164 g/mol. The Kier molecular flexibility index (Phi) is 4.60. The number of nitrogens with two attached hydrogens (primary N) is 1. The summed E-state index contributed by atoms with van der Waals surface area (Å²) in [6.45, 7) is 6.94. The first kappa shape index (κ1) is 10.3. The third-order valence-electron chi connectivity index (χ3n) is 2.08. The van der Waals surface area contributed by atoms with E-state index in [1.54, 1.807) is 0 Å². The molecule has 0 aromatic carbocycles. The maximum Gasteiger partial charge on any atom is 0.194 e. The lowest BCUT2D eigenvalue weighted by atomic mass is 10.3. The van der Waals surface area contributed by atoms with Gasteiger partial charge >= 0.3 is 0 Å². The van der Waals surface area contributed by atoms with Crippen molar-refractivity contribution in [1.29, 1.82) is 0 Å². The van der Waals surface area contributed by atoms with Crippen LogP contribution in [0.25, 0.3) is 0 Å². The molecule has 0 aliphatic carbocycles. The smallest absolute Gasteiger partial charge is 0.194 e. The van der Waals surface area contributed by atoms with Gasteiger partial charge in [0.1, 0.15) is 0 Å². The van der Waals surface area contributed by atoms with Crippen molar-refractivity contribution in [3.05, 3.63) is 0 Å². The van der Waals surface area contributed by atoms with E-state index in [9.17, 15) is 0 Å². The molecule has 1 rings (SSSR count). The fourth-order valence-electron chi connectivity index (χ4n) is 1.47. The van der Waals surface area contributed by atoms with E-state index in [2.05, 4.69) is 22.1 Å². The van der Waals surface area contributed by atoms with Crippen molar-refractivity contribution in [2.75, 3.05) is 32.7 Å². The van der Waals surface area contributed by atoms with Gasteiger partial charge < -0.3 is 16.0 Å². The highest BCUT2D eigenvalue weighted by Crippen LogP contribution is 1.98. The Balaban J connectivity index is 2.36. The summed E-state index contributed by atoms with van der Waals surface area (Å²) >= 11 is 0. The normalized spacial score (nSPS) is 15.4. The number of hydrogen-bond donors (Lipinski definition) is 2. The van der Waals surface area contributed by atoms with Crippen LogP contribution >= 0.6 is 0 Å². The van der Waals surface area contributed by atoms with E-state index in [1.165, 1.54) is 0 Å². The molecule has 3 N–H and O–H groups in total. The summed E-state index contributed by atoms with van der Waals surface area (Å²) in [6, 6.07) is 0. The molecule has 0 aromatic heterocycles. The van der Waals surface area contributed by atoms with Crippen LogP contribution in [0.2, 0.25) is 0 Å². The first-order chi connectivity index (χ1) is 6.38. The van der Waals surface area contributed by atoms with Crippen molar-refractivity contribution in [3.63, 3.8) is 0 Å². The molecule has 0 spiro atoms. The summed E-state index contributed by atoms with van der Waals surface area (Å²) in [4.78, 5) is 6.69. The highest BCUT2D eigenvalue weighted by Gasteiger charge is 2.12. The predicted octanol–water partition coefficient (Wildman–Crippen LogP) is 0.00640. The summed E-state index contributed by atoms with van der Waals surface area (Å²) in [5, 5.41) is 3.29. The summed E-state index contributed by atoms with van der Waals surface area (Å²) in [5.74, 6) is 1.07. The van der Waals surface area contributed by atoms with Crippen LogP contribution in [0.3, 0.4) is 0 Å². The number of rotatable bonds is 5. The topological polar surface area (TPSA) is 53.6 Å². The van der Waals surface area contributed by atoms with Crippen LogP contribution in [0.1, 0.15) is 19.8 Å². The third kappa shape index (κ3) is 3.22. The van der Waals surface area contributed by atoms with Crippen LogP contribution in [0.5, 0.6) is 0 Å². The van der Waals surface area contributed by atoms with Crippen LogP contribution in [0, 0.1) is 0 Å². The van der Waals surface area contributed by atoms with E-state index in [0.717, 1.165) is 51.5 Å². The lowest BCUT2D eigenvalue weighted by Gasteiger charge is -2.23. The predicted molar refractivity (Wildman–Crippen MR) is 55.8 cm³/mol. The molecule has 0 aromatic rings. The molecule has 0 amide bonds. The van der Waals surface area contributed by atoms with E-state index in [0.29, 0.717) is 0 Å². The van der Waals surface area contributed by atoms with E-state index in [4.69, 9.17) is 5.73 Å². The molecule has 4 nitrogen and oxygen atoms in total. The summed E-state index contributed by atoms with van der Waals surface area (Å²) in [6.07, 6.45) is 2.20. The van der Waals surface area contributed by atoms with E-state index in [1.807, 2.05) is 0 Å². The first-order valence-electron chi connectivity index (χ1n) is 5.11. The van der Waals surface area contributed by atoms with Crippen molar-refractivity contribution in [2.24, 2.45) is 10.7 Å². The highest BCUT2D eigenvalue weighted by molar-refractivity contribution is 5.81. The fourth-order valence-corrected chi connectivity index (χ4v) is 1.47. The maximum atomic E-state index is 5.48. The Bertz CT molecular complexity index is 167. The lowest BCUT2D eigenvalue weighted by Crippen LogP contribution is -2.40. The molecule has 0 radical (unpaired) electrons. The number of aliphatic imine (C=N–C) groups is 1. The van der Waals surface area contributed by atoms with Gasteiger partial charge in [-0.2, -0.15) is 0 Å². The van der Waals surface area contributed by atoms with Gasteiger partial charge in [0.2, 0.25) is 0 Å². The van der Waals surface area contributed by atoms with Gasteiger partial charge in [-0.3, -0.25) is 4.99 Å². The Morgan fingerprint density at radius 1 is 1.54 bits per heavy atom. The van der Waals surface area contributed by atoms with Crippen molar-refractivity contribution < 1.29 is 0 Å². The Morgan fingerprint density at radius 2 is 2.38 bits per heavy atom. The van der Waals surface area contributed by atoms with Crippen molar-refractivity contribution >= 4 is 5.96 Å². The summed E-state index contributed by atoms with van der Waals surface area (Å²) in [7, 11) is 0. The molecular formula is C9H20N4. The maximum absolute atomic E-state index is 5.48. The van der Waals surface area contributed by atoms with E-state index < -0.39 is 0 Å². The molecule has 4 heteroatoms. The first-order valence-corrected chi connectivity index (χ1v) is 5.11. The second-order valence-corrected chi connectivity index (χ2v) is 3.26. The quantitative estimate of drug-likeness (QED) is 0.632. The third-order valence-corrected chi connectivity index (χ3v) is 2.08. The van der Waals surface area contributed by atoms with Crippen LogP contribution in [-0.2, 0) is 0 Å². The molecule has 0 bridgehead atoms. The molecule has 1 aliphatic heterocycles. The zero-order chi connectivity index (χ0) is 9.52. The van der Waals surface area contributed by atoms with Gasteiger partial charge in [-0.1, -0.05) is 6.92 Å². The molecule has 0 atom stereocenters. The van der Waals surface area contributed by atoms with E-state index in [-0.39, 0.29) is 0 Å². The molecule has 0 unspecified atom stereocenters. The van der Waals surface area contributed by atoms with Gasteiger partial charge in [-0.15, -0.1) is 0 Å². The Morgan fingerprint density at radius 3 is 2.92 bits per heavy atom. The fraction of sp³-hybridized carbons (Fsp3) is 0.889. The van der Waals surface area contributed by atoms with Gasteiger partial charge in [-0.25, -0.2) is 0 Å². The summed E-state index contributed by atoms with van der Waals surface area (Å²) < 4.78 is 0. The minimum absolute atomic E-state index is 0.757. The van der Waals surface area contributed by atoms with Crippen molar-refractivity contribution in [3.8, 4) is 0 Å². The second-order valence-electron chi connectivity index (χ2n) is 3.26. The van der Waals surface area contributed by atoms with Crippen LogP contribution in [0.15, 0.2) is 4.99 Å². The number of guanidine groups is 1. The molecule has 1 heterocycles. The summed E-state index contributed by atoms with van der Waals surface area (Å²) in [5.41, 5.74) is 5.48. The van der Waals surface area contributed by atoms with Crippen LogP contribution in [-0.4, -0.2) is 43.6 Å². The molecule has 13 heavy (non-hydrogen) atoms. The van der Waals surface area contributed by atoms with Gasteiger partial charge in [0, 0.05) is 19.6 Å². The molecule has 1 aliphatic rings. The molecule has 76 valence electrons. The number of hydrogen-bond acceptors (Lipinski definition) is 4. The average molecular weight is 184 g/mol. The van der Waals surface area contributed by atoms with Gasteiger partial charge in [0.25, 0.3) is 0 Å². The number of nitrogens with zero attached hydrogens (tertiary/aromatic N) is 2. The molecule has 0 saturated heterocycles. The Labute approximate surface area is 80.2 Å². The minimum atomic E-state index is 0.757. The monoisotopic (exact) mass is 184 g/mol. The molecule has 0 fully saturated rings. The van der Waals surface area contributed by atoms with Gasteiger partial charge in [-0.05, 0) is 19.4 Å². The Hall–Kier alpha value is -0.770. The van der Waals surface area contributed by atoms with E-state index >= 15 is 0 Å². The van der Waals surface area contributed by atoms with Gasteiger partial charge in [0.05, 0.1) is 6.54 Å². The zero-order valence-electron chi connectivity index (χ0n) is 8.42. The van der Waals surface area contributed by atoms with Gasteiger partial charge in [0.15, 0.2) is 5.96 Å². The highest BCUT2D eigenvalue weighted by atomic mass is 15.3. The largest absolute Gasteiger partial charge is 0.354 e. The number of nitrogens with one attached hydrogen (secondary N) is 1. The lowest BCUT2D eigenvalue weighted by molar-refractivity contribution is 0.402. The molecule has 0 saturated carbocycles. The van der Waals surface area contributed by atoms with Crippen molar-refractivity contribution in [2.45, 2.75) is 19.8 Å². The average Bonchev–Trinajstić information content (AvgIpc) is 2.65. The van der Waals surface area contributed by atoms with Crippen LogP contribution < -0.4 is 11.1 Å². The SMILES string of the molecule is CCCN(CCCN)C1=NCCN1. The zero-order valence-corrected chi connectivity index (χ0v) is 8.42. The standard InChI is InChI=1S/C9H20N4/c1-2-7-13(8-3-4-10)9-11-5-6-12-9/h2-8,10H2,1H3,(H,11,12).